The first-order valence-corrected chi connectivity index (χ1v) is 2.57. The van der Waals surface area contributed by atoms with Crippen LogP contribution in [0.25, 0.3) is 0 Å². The van der Waals surface area contributed by atoms with E-state index < -0.39 is 0 Å². The Balaban J connectivity index is 2.77. The van der Waals surface area contributed by atoms with Crippen molar-refractivity contribution in [1.82, 2.24) is 9.78 Å². The molecular formula is C5H7N3O. The summed E-state index contributed by atoms with van der Waals surface area (Å²) < 4.78 is 1.21. The van der Waals surface area contributed by atoms with Crippen LogP contribution in [0.5, 0.6) is 0 Å². The SMILES string of the molecule is NCC(=O)n1cccn1. The van der Waals surface area contributed by atoms with Gasteiger partial charge in [-0.05, 0) is 6.07 Å². The summed E-state index contributed by atoms with van der Waals surface area (Å²) in [5, 5.41) is 3.67. The smallest absolute Gasteiger partial charge is 0.260 e. The normalized spacial score (nSPS) is 9.44. The Morgan fingerprint density at radius 1 is 1.78 bits per heavy atom. The molecule has 0 radical (unpaired) electrons. The lowest BCUT2D eigenvalue weighted by Crippen LogP contribution is -2.21. The summed E-state index contributed by atoms with van der Waals surface area (Å²) in [6.45, 7) is 0.00167. The van der Waals surface area contributed by atoms with Crippen LogP contribution in [0.1, 0.15) is 4.79 Å². The van der Waals surface area contributed by atoms with E-state index in [9.17, 15) is 4.79 Å². The Hall–Kier alpha value is -1.16. The summed E-state index contributed by atoms with van der Waals surface area (Å²) in [6.07, 6.45) is 3.10. The minimum atomic E-state index is -0.194. The standard InChI is InChI=1S/C5H7N3O/c6-4-5(9)8-3-1-2-7-8/h1-3H,4,6H2. The second kappa shape index (κ2) is 2.41. The lowest BCUT2D eigenvalue weighted by atomic mass is 10.6. The van der Waals surface area contributed by atoms with Crippen molar-refractivity contribution in [2.24, 2.45) is 5.73 Å². The van der Waals surface area contributed by atoms with Crippen LogP contribution in [0.15, 0.2) is 18.5 Å². The third-order valence-corrected chi connectivity index (χ3v) is 0.935. The van der Waals surface area contributed by atoms with Gasteiger partial charge >= 0.3 is 0 Å². The molecule has 4 nitrogen and oxygen atoms in total. The number of aromatic nitrogens is 2. The third-order valence-electron chi connectivity index (χ3n) is 0.935. The Morgan fingerprint density at radius 3 is 3.00 bits per heavy atom. The maximum Gasteiger partial charge on any atom is 0.260 e. The van der Waals surface area contributed by atoms with Crippen LogP contribution in [0.2, 0.25) is 0 Å². The molecular weight excluding hydrogens is 118 g/mol. The van der Waals surface area contributed by atoms with E-state index in [4.69, 9.17) is 5.73 Å². The number of hydrogen-bond acceptors (Lipinski definition) is 3. The van der Waals surface area contributed by atoms with Gasteiger partial charge in [-0.1, -0.05) is 0 Å². The van der Waals surface area contributed by atoms with E-state index in [0.29, 0.717) is 0 Å². The molecule has 0 amide bonds. The Kier molecular flexibility index (Phi) is 1.60. The Bertz CT molecular complexity index is 192. The minimum Gasteiger partial charge on any atom is -0.322 e. The van der Waals surface area contributed by atoms with Gasteiger partial charge in [0.05, 0.1) is 6.54 Å². The first kappa shape index (κ1) is 5.97. The molecule has 0 fully saturated rings. The average molecular weight is 125 g/mol. The van der Waals surface area contributed by atoms with Gasteiger partial charge < -0.3 is 5.73 Å². The average Bonchev–Trinajstić information content (AvgIpc) is 2.37. The van der Waals surface area contributed by atoms with E-state index in [1.807, 2.05) is 0 Å². The zero-order valence-corrected chi connectivity index (χ0v) is 4.82. The van der Waals surface area contributed by atoms with Crippen LogP contribution >= 0.6 is 0 Å². The van der Waals surface area contributed by atoms with E-state index >= 15 is 0 Å². The second-order valence-corrected chi connectivity index (χ2v) is 1.55. The maximum absolute atomic E-state index is 10.6. The largest absolute Gasteiger partial charge is 0.322 e. The van der Waals surface area contributed by atoms with Crippen LogP contribution in [-0.4, -0.2) is 22.2 Å². The first-order chi connectivity index (χ1) is 4.34. The van der Waals surface area contributed by atoms with Gasteiger partial charge in [0.25, 0.3) is 5.91 Å². The molecule has 0 saturated heterocycles. The molecule has 0 aliphatic heterocycles. The van der Waals surface area contributed by atoms with Gasteiger partial charge in [-0.2, -0.15) is 5.10 Å². The zero-order chi connectivity index (χ0) is 6.69. The van der Waals surface area contributed by atoms with E-state index in [1.165, 1.54) is 10.9 Å². The van der Waals surface area contributed by atoms with Gasteiger partial charge in [0.2, 0.25) is 0 Å². The fourth-order valence-electron chi connectivity index (χ4n) is 0.510. The van der Waals surface area contributed by atoms with E-state index in [-0.39, 0.29) is 12.5 Å². The molecule has 0 spiro atoms. The molecule has 0 bridgehead atoms. The monoisotopic (exact) mass is 125 g/mol. The number of nitrogens with zero attached hydrogens (tertiary/aromatic N) is 2. The molecule has 1 rings (SSSR count). The molecule has 0 saturated carbocycles. The second-order valence-electron chi connectivity index (χ2n) is 1.55. The van der Waals surface area contributed by atoms with E-state index in [1.54, 1.807) is 12.3 Å². The predicted octanol–water partition coefficient (Wildman–Crippen LogP) is -0.518. The van der Waals surface area contributed by atoms with E-state index in [0.717, 1.165) is 0 Å². The van der Waals surface area contributed by atoms with Crippen molar-refractivity contribution in [2.45, 2.75) is 0 Å². The third kappa shape index (κ3) is 1.14. The van der Waals surface area contributed by atoms with Crippen molar-refractivity contribution in [1.29, 1.82) is 0 Å². The number of nitrogens with two attached hydrogens (primary N) is 1. The molecule has 0 aliphatic carbocycles. The Morgan fingerprint density at radius 2 is 2.56 bits per heavy atom. The van der Waals surface area contributed by atoms with Crippen molar-refractivity contribution in [3.8, 4) is 0 Å². The molecule has 1 aromatic rings. The maximum atomic E-state index is 10.6. The topological polar surface area (TPSA) is 60.9 Å². The summed E-state index contributed by atoms with van der Waals surface area (Å²) in [6, 6.07) is 1.67. The van der Waals surface area contributed by atoms with Gasteiger partial charge in [0.15, 0.2) is 0 Å². The number of rotatable bonds is 1. The molecule has 1 aromatic heterocycles. The summed E-state index contributed by atoms with van der Waals surface area (Å²) in [4.78, 5) is 10.6. The molecule has 4 heteroatoms. The summed E-state index contributed by atoms with van der Waals surface area (Å²) in [5.41, 5.74) is 5.05. The lowest BCUT2D eigenvalue weighted by molar-refractivity contribution is 0.0908. The summed E-state index contributed by atoms with van der Waals surface area (Å²) in [5.74, 6) is -0.194. The van der Waals surface area contributed by atoms with Crippen LogP contribution in [-0.2, 0) is 0 Å². The lowest BCUT2D eigenvalue weighted by Gasteiger charge is -1.92. The molecule has 48 valence electrons. The van der Waals surface area contributed by atoms with Crippen molar-refractivity contribution in [3.63, 3.8) is 0 Å². The van der Waals surface area contributed by atoms with Crippen LogP contribution in [0.3, 0.4) is 0 Å². The van der Waals surface area contributed by atoms with Gasteiger partial charge in [0, 0.05) is 12.4 Å². The van der Waals surface area contributed by atoms with Crippen molar-refractivity contribution >= 4 is 5.91 Å². The van der Waals surface area contributed by atoms with Crippen LogP contribution in [0.4, 0.5) is 0 Å². The van der Waals surface area contributed by atoms with Crippen molar-refractivity contribution in [3.05, 3.63) is 18.5 Å². The fourth-order valence-corrected chi connectivity index (χ4v) is 0.510. The van der Waals surface area contributed by atoms with Gasteiger partial charge in [0.1, 0.15) is 0 Å². The van der Waals surface area contributed by atoms with E-state index in [2.05, 4.69) is 5.10 Å². The van der Waals surface area contributed by atoms with Crippen LogP contribution < -0.4 is 5.73 Å². The van der Waals surface area contributed by atoms with Gasteiger partial charge in [-0.15, -0.1) is 0 Å². The van der Waals surface area contributed by atoms with Crippen molar-refractivity contribution < 1.29 is 4.79 Å². The predicted molar refractivity (Wildman–Crippen MR) is 31.9 cm³/mol. The number of carbonyl (C=O) groups excluding carboxylic acids is 1. The molecule has 0 aromatic carbocycles. The summed E-state index contributed by atoms with van der Waals surface area (Å²) >= 11 is 0. The summed E-state index contributed by atoms with van der Waals surface area (Å²) in [7, 11) is 0. The molecule has 1 heterocycles. The highest BCUT2D eigenvalue weighted by atomic mass is 16.2. The number of hydrogen-bond donors (Lipinski definition) is 1. The van der Waals surface area contributed by atoms with Crippen LogP contribution in [0, 0.1) is 0 Å². The highest BCUT2D eigenvalue weighted by Gasteiger charge is 1.97. The highest BCUT2D eigenvalue weighted by molar-refractivity contribution is 5.79. The van der Waals surface area contributed by atoms with Crippen molar-refractivity contribution in [2.75, 3.05) is 6.54 Å². The Labute approximate surface area is 52.3 Å². The zero-order valence-electron chi connectivity index (χ0n) is 4.82. The first-order valence-electron chi connectivity index (χ1n) is 2.57. The molecule has 0 unspecified atom stereocenters. The fraction of sp³-hybridized carbons (Fsp3) is 0.200. The molecule has 9 heavy (non-hydrogen) atoms. The number of carbonyl (C=O) groups is 1. The highest BCUT2D eigenvalue weighted by Crippen LogP contribution is 1.81. The molecule has 2 N–H and O–H groups in total. The molecule has 0 atom stereocenters. The van der Waals surface area contributed by atoms with Gasteiger partial charge in [-0.3, -0.25) is 4.79 Å². The quantitative estimate of drug-likeness (QED) is 0.549. The molecule has 0 aliphatic rings. The van der Waals surface area contributed by atoms with Gasteiger partial charge in [-0.25, -0.2) is 4.68 Å². The minimum absolute atomic E-state index is 0.00167.